The summed E-state index contributed by atoms with van der Waals surface area (Å²) in [6.07, 6.45) is 7.69. The average molecular weight is 310 g/mol. The van der Waals surface area contributed by atoms with E-state index in [1.165, 1.54) is 0 Å². The van der Waals surface area contributed by atoms with Crippen LogP contribution in [0.2, 0.25) is 0 Å². The highest BCUT2D eigenvalue weighted by Crippen LogP contribution is 2.35. The predicted molar refractivity (Wildman–Crippen MR) is 90.5 cm³/mol. The van der Waals surface area contributed by atoms with Crippen LogP contribution < -0.4 is 4.90 Å². The quantitative estimate of drug-likeness (QED) is 0.492. The number of nitro groups is 1. The third-order valence-corrected chi connectivity index (χ3v) is 4.20. The van der Waals surface area contributed by atoms with Gasteiger partial charge in [-0.05, 0) is 24.3 Å². The maximum Gasteiger partial charge on any atom is 0.301 e. The second kappa shape index (κ2) is 6.63. The first-order valence-electron chi connectivity index (χ1n) is 7.63. The Bertz CT molecular complexity index is 761. The molecule has 23 heavy (non-hydrogen) atoms. The highest BCUT2D eigenvalue weighted by molar-refractivity contribution is 5.94. The van der Waals surface area contributed by atoms with E-state index in [1.807, 2.05) is 12.1 Å². The van der Waals surface area contributed by atoms with Gasteiger partial charge in [-0.15, -0.1) is 12.3 Å². The van der Waals surface area contributed by atoms with Gasteiger partial charge >= 0.3 is 5.69 Å². The van der Waals surface area contributed by atoms with Gasteiger partial charge in [0.15, 0.2) is 0 Å². The molecule has 0 radical (unpaired) electrons. The largest absolute Gasteiger partial charge is 0.363 e. The van der Waals surface area contributed by atoms with Crippen LogP contribution >= 0.6 is 0 Å². The van der Waals surface area contributed by atoms with E-state index < -0.39 is 0 Å². The van der Waals surface area contributed by atoms with E-state index in [-0.39, 0.29) is 10.6 Å². The third kappa shape index (κ3) is 3.10. The molecule has 0 bridgehead atoms. The number of anilines is 1. The number of nitrogens with zero attached hydrogens (tertiary/aromatic N) is 4. The lowest BCUT2D eigenvalue weighted by Gasteiger charge is -2.35. The smallest absolute Gasteiger partial charge is 0.301 e. The van der Waals surface area contributed by atoms with Crippen LogP contribution in [0.25, 0.3) is 10.9 Å². The van der Waals surface area contributed by atoms with E-state index in [0.717, 1.165) is 39.1 Å². The molecule has 118 valence electrons. The van der Waals surface area contributed by atoms with Crippen LogP contribution in [0.4, 0.5) is 11.4 Å². The van der Waals surface area contributed by atoms with Crippen molar-refractivity contribution in [2.75, 3.05) is 37.6 Å². The molecule has 0 aliphatic carbocycles. The van der Waals surface area contributed by atoms with Crippen LogP contribution in [-0.4, -0.2) is 47.5 Å². The molecule has 0 saturated carbocycles. The highest BCUT2D eigenvalue weighted by Gasteiger charge is 2.25. The Balaban J connectivity index is 1.88. The fourth-order valence-electron chi connectivity index (χ4n) is 3.01. The Labute approximate surface area is 134 Å². The first-order valence-corrected chi connectivity index (χ1v) is 7.63. The molecule has 0 atom stereocenters. The maximum absolute atomic E-state index is 11.6. The van der Waals surface area contributed by atoms with Crippen molar-refractivity contribution in [3.63, 3.8) is 0 Å². The molecule has 6 heteroatoms. The minimum Gasteiger partial charge on any atom is -0.363 e. The molecule has 6 nitrogen and oxygen atoms in total. The molecule has 2 aromatic rings. The summed E-state index contributed by atoms with van der Waals surface area (Å²) in [5, 5.41) is 12.2. The number of aromatic nitrogens is 1. The van der Waals surface area contributed by atoms with Crippen LogP contribution in [0.15, 0.2) is 30.5 Å². The van der Waals surface area contributed by atoms with Gasteiger partial charge in [0.2, 0.25) is 0 Å². The molecule has 3 rings (SSSR count). The van der Waals surface area contributed by atoms with Gasteiger partial charge in [-0.2, -0.15) is 0 Å². The maximum atomic E-state index is 11.6. The molecule has 0 N–H and O–H groups in total. The van der Waals surface area contributed by atoms with E-state index >= 15 is 0 Å². The fourth-order valence-corrected chi connectivity index (χ4v) is 3.01. The lowest BCUT2D eigenvalue weighted by molar-refractivity contribution is -0.382. The predicted octanol–water partition coefficient (Wildman–Crippen LogP) is 2.29. The van der Waals surface area contributed by atoms with E-state index in [4.69, 9.17) is 6.42 Å². The number of piperazine rings is 1. The van der Waals surface area contributed by atoms with Crippen molar-refractivity contribution in [3.8, 4) is 12.3 Å². The zero-order chi connectivity index (χ0) is 16.2. The van der Waals surface area contributed by atoms with Gasteiger partial charge in [-0.25, -0.2) is 0 Å². The van der Waals surface area contributed by atoms with E-state index in [9.17, 15) is 10.1 Å². The van der Waals surface area contributed by atoms with Crippen LogP contribution in [0.3, 0.4) is 0 Å². The van der Waals surface area contributed by atoms with Crippen LogP contribution in [0.5, 0.6) is 0 Å². The van der Waals surface area contributed by atoms with Crippen LogP contribution in [0, 0.1) is 22.5 Å². The van der Waals surface area contributed by atoms with Crippen LogP contribution in [0.1, 0.15) is 6.42 Å². The lowest BCUT2D eigenvalue weighted by atomic mass is 10.1. The van der Waals surface area contributed by atoms with Gasteiger partial charge in [0, 0.05) is 45.3 Å². The molecule has 1 aromatic heterocycles. The molecule has 0 unspecified atom stereocenters. The van der Waals surface area contributed by atoms with Crippen molar-refractivity contribution >= 4 is 22.3 Å². The van der Waals surface area contributed by atoms with Gasteiger partial charge in [0.25, 0.3) is 0 Å². The molecular weight excluding hydrogens is 292 g/mol. The van der Waals surface area contributed by atoms with Crippen molar-refractivity contribution in [2.45, 2.75) is 6.42 Å². The van der Waals surface area contributed by atoms with Gasteiger partial charge in [-0.3, -0.25) is 20.0 Å². The molecule has 1 aliphatic heterocycles. The topological polar surface area (TPSA) is 62.5 Å². The summed E-state index contributed by atoms with van der Waals surface area (Å²) in [7, 11) is 0. The molecule has 0 spiro atoms. The normalized spacial score (nSPS) is 15.5. The van der Waals surface area contributed by atoms with Crippen molar-refractivity contribution in [2.24, 2.45) is 0 Å². The number of nitro benzene ring substituents is 1. The summed E-state index contributed by atoms with van der Waals surface area (Å²) in [4.78, 5) is 19.9. The van der Waals surface area contributed by atoms with Crippen molar-refractivity contribution in [1.29, 1.82) is 0 Å². The number of pyridine rings is 1. The van der Waals surface area contributed by atoms with E-state index in [1.54, 1.807) is 18.3 Å². The molecule has 1 saturated heterocycles. The van der Waals surface area contributed by atoms with Crippen molar-refractivity contribution in [3.05, 3.63) is 40.6 Å². The average Bonchev–Trinajstić information content (AvgIpc) is 2.59. The number of rotatable bonds is 4. The first-order chi connectivity index (χ1) is 11.2. The van der Waals surface area contributed by atoms with Gasteiger partial charge in [-0.1, -0.05) is 0 Å². The van der Waals surface area contributed by atoms with Gasteiger partial charge in [0.1, 0.15) is 5.69 Å². The van der Waals surface area contributed by atoms with Crippen LogP contribution in [-0.2, 0) is 0 Å². The Kier molecular flexibility index (Phi) is 4.40. The zero-order valence-electron chi connectivity index (χ0n) is 12.8. The lowest BCUT2D eigenvalue weighted by Crippen LogP contribution is -2.46. The second-order valence-corrected chi connectivity index (χ2v) is 5.54. The van der Waals surface area contributed by atoms with Gasteiger partial charge < -0.3 is 4.90 Å². The summed E-state index contributed by atoms with van der Waals surface area (Å²) < 4.78 is 0. The van der Waals surface area contributed by atoms with Crippen molar-refractivity contribution in [1.82, 2.24) is 9.88 Å². The Hall–Kier alpha value is -2.65. The van der Waals surface area contributed by atoms with E-state index in [2.05, 4.69) is 20.7 Å². The monoisotopic (exact) mass is 310 g/mol. The summed E-state index contributed by atoms with van der Waals surface area (Å²) >= 11 is 0. The molecule has 1 fully saturated rings. The molecule has 0 amide bonds. The molecule has 1 aromatic carbocycles. The van der Waals surface area contributed by atoms with Gasteiger partial charge in [0.05, 0.1) is 15.8 Å². The minimum absolute atomic E-state index is 0.146. The Morgan fingerprint density at radius 1 is 1.26 bits per heavy atom. The first kappa shape index (κ1) is 15.3. The molecule has 1 aliphatic rings. The molecular formula is C17H18N4O2. The summed E-state index contributed by atoms with van der Waals surface area (Å²) in [5.74, 6) is 2.65. The third-order valence-electron chi connectivity index (χ3n) is 4.20. The summed E-state index contributed by atoms with van der Waals surface area (Å²) in [5.41, 5.74) is 1.47. The summed E-state index contributed by atoms with van der Waals surface area (Å²) in [6.45, 7) is 4.14. The van der Waals surface area contributed by atoms with E-state index in [0.29, 0.717) is 16.6 Å². The Morgan fingerprint density at radius 2 is 2.04 bits per heavy atom. The van der Waals surface area contributed by atoms with Crippen molar-refractivity contribution < 1.29 is 4.92 Å². The minimum atomic E-state index is -0.302. The number of hydrogen-bond donors (Lipinski definition) is 0. The SMILES string of the molecule is C#CCCN1CCN(c2ccc3ncccc3c2[N+](=O)[O-])CC1. The zero-order valence-corrected chi connectivity index (χ0v) is 12.8. The summed E-state index contributed by atoms with van der Waals surface area (Å²) in [6, 6.07) is 7.15. The number of fused-ring (bicyclic) bond motifs is 1. The standard InChI is InChI=1S/C17H18N4O2/c1-2-3-9-19-10-12-20(13-11-19)16-7-6-15-14(5-4-8-18-15)17(16)21(22)23/h1,4-8H,3,9-13H2. The molecule has 2 heterocycles. The number of benzene rings is 1. The fraction of sp³-hybridized carbons (Fsp3) is 0.353. The number of hydrogen-bond acceptors (Lipinski definition) is 5. The highest BCUT2D eigenvalue weighted by atomic mass is 16.6. The Morgan fingerprint density at radius 3 is 2.74 bits per heavy atom. The number of terminal acetylenes is 1. The second-order valence-electron chi connectivity index (χ2n) is 5.54.